The van der Waals surface area contributed by atoms with Gasteiger partial charge in [-0.3, -0.25) is 4.79 Å². The molecular weight excluding hydrogens is 309 g/mol. The number of ether oxygens (including phenoxy) is 1. The first-order valence-corrected chi connectivity index (χ1v) is 8.30. The molecule has 0 unspecified atom stereocenters. The van der Waals surface area contributed by atoms with E-state index in [1.165, 1.54) is 6.07 Å². The van der Waals surface area contributed by atoms with E-state index in [9.17, 15) is 9.18 Å². The molecule has 2 heterocycles. The lowest BCUT2D eigenvalue weighted by Crippen LogP contribution is -2.48. The standard InChI is InChI=1S/C19H22FNO3/c1-13-11-21(12-14(2)23-13)19(22)10-8-15-7-9-18(24-15)16-5-3-4-6-17(16)20/h3-7,9,13-14H,8,10-12H2,1-2H3/t13-,14+. The van der Waals surface area contributed by atoms with Crippen LogP contribution in [0.3, 0.4) is 0 Å². The third-order valence-corrected chi connectivity index (χ3v) is 4.16. The minimum Gasteiger partial charge on any atom is -0.461 e. The zero-order valence-corrected chi connectivity index (χ0v) is 14.0. The second-order valence-corrected chi connectivity index (χ2v) is 6.30. The summed E-state index contributed by atoms with van der Waals surface area (Å²) in [4.78, 5) is 14.2. The molecule has 1 aromatic heterocycles. The molecule has 1 saturated heterocycles. The Bertz CT molecular complexity index is 702. The first-order valence-electron chi connectivity index (χ1n) is 8.30. The van der Waals surface area contributed by atoms with Gasteiger partial charge in [-0.2, -0.15) is 0 Å². The number of benzene rings is 1. The average Bonchev–Trinajstić information content (AvgIpc) is 3.01. The quantitative estimate of drug-likeness (QED) is 0.859. The molecule has 1 fully saturated rings. The van der Waals surface area contributed by atoms with Gasteiger partial charge in [0.2, 0.25) is 5.91 Å². The van der Waals surface area contributed by atoms with Crippen molar-refractivity contribution in [1.29, 1.82) is 0 Å². The van der Waals surface area contributed by atoms with Crippen LogP contribution >= 0.6 is 0 Å². The van der Waals surface area contributed by atoms with Crippen molar-refractivity contribution < 1.29 is 18.3 Å². The Balaban J connectivity index is 1.59. The lowest BCUT2D eigenvalue weighted by molar-refractivity contribution is -0.143. The molecule has 1 aromatic carbocycles. The molecule has 1 aliphatic rings. The number of carbonyl (C=O) groups excluding carboxylic acids is 1. The van der Waals surface area contributed by atoms with Crippen molar-refractivity contribution in [2.45, 2.75) is 38.9 Å². The van der Waals surface area contributed by atoms with Crippen molar-refractivity contribution in [2.24, 2.45) is 0 Å². The van der Waals surface area contributed by atoms with Gasteiger partial charge >= 0.3 is 0 Å². The molecule has 24 heavy (non-hydrogen) atoms. The average molecular weight is 331 g/mol. The molecule has 0 aliphatic carbocycles. The van der Waals surface area contributed by atoms with E-state index in [4.69, 9.17) is 9.15 Å². The van der Waals surface area contributed by atoms with Gasteiger partial charge < -0.3 is 14.1 Å². The van der Waals surface area contributed by atoms with E-state index < -0.39 is 0 Å². The Morgan fingerprint density at radius 3 is 2.58 bits per heavy atom. The lowest BCUT2D eigenvalue weighted by Gasteiger charge is -2.35. The smallest absolute Gasteiger partial charge is 0.223 e. The molecule has 1 aliphatic heterocycles. The summed E-state index contributed by atoms with van der Waals surface area (Å²) < 4.78 is 25.1. The molecule has 0 bridgehead atoms. The van der Waals surface area contributed by atoms with Crippen molar-refractivity contribution >= 4 is 5.91 Å². The van der Waals surface area contributed by atoms with Gasteiger partial charge in [0.1, 0.15) is 17.3 Å². The van der Waals surface area contributed by atoms with Crippen LogP contribution in [-0.4, -0.2) is 36.1 Å². The number of halogens is 1. The largest absolute Gasteiger partial charge is 0.461 e. The zero-order chi connectivity index (χ0) is 17.1. The summed E-state index contributed by atoms with van der Waals surface area (Å²) in [5.74, 6) is 0.965. The molecule has 3 rings (SSSR count). The summed E-state index contributed by atoms with van der Waals surface area (Å²) in [6, 6.07) is 10.1. The monoisotopic (exact) mass is 331 g/mol. The summed E-state index contributed by atoms with van der Waals surface area (Å²) in [5, 5.41) is 0. The highest BCUT2D eigenvalue weighted by Gasteiger charge is 2.25. The van der Waals surface area contributed by atoms with Gasteiger partial charge in [-0.25, -0.2) is 4.39 Å². The third-order valence-electron chi connectivity index (χ3n) is 4.16. The number of nitrogens with zero attached hydrogens (tertiary/aromatic N) is 1. The lowest BCUT2D eigenvalue weighted by atomic mass is 10.1. The molecule has 5 heteroatoms. The SMILES string of the molecule is C[C@@H]1CN(C(=O)CCc2ccc(-c3ccccc3F)o2)C[C@H](C)O1. The van der Waals surface area contributed by atoms with Crippen LogP contribution in [0.25, 0.3) is 11.3 Å². The Morgan fingerprint density at radius 2 is 1.88 bits per heavy atom. The minimum atomic E-state index is -0.314. The zero-order valence-electron chi connectivity index (χ0n) is 14.0. The molecule has 4 nitrogen and oxygen atoms in total. The van der Waals surface area contributed by atoms with E-state index in [2.05, 4.69) is 0 Å². The maximum Gasteiger partial charge on any atom is 0.223 e. The number of hydrogen-bond donors (Lipinski definition) is 0. The maximum atomic E-state index is 13.8. The third kappa shape index (κ3) is 3.85. The van der Waals surface area contributed by atoms with Crippen LogP contribution in [0.4, 0.5) is 4.39 Å². The molecule has 2 aromatic rings. The fraction of sp³-hybridized carbons (Fsp3) is 0.421. The van der Waals surface area contributed by atoms with Crippen LogP contribution < -0.4 is 0 Å². The second-order valence-electron chi connectivity index (χ2n) is 6.30. The molecule has 0 saturated carbocycles. The summed E-state index contributed by atoms with van der Waals surface area (Å²) >= 11 is 0. The number of carbonyl (C=O) groups is 1. The Hall–Kier alpha value is -2.14. The van der Waals surface area contributed by atoms with E-state index in [1.807, 2.05) is 18.7 Å². The minimum absolute atomic E-state index is 0.0639. The first kappa shape index (κ1) is 16.7. The predicted molar refractivity (Wildman–Crippen MR) is 89.0 cm³/mol. The van der Waals surface area contributed by atoms with E-state index in [0.29, 0.717) is 43.0 Å². The highest BCUT2D eigenvalue weighted by atomic mass is 19.1. The van der Waals surface area contributed by atoms with Crippen molar-refractivity contribution in [3.05, 3.63) is 48.0 Å². The van der Waals surface area contributed by atoms with Crippen molar-refractivity contribution in [2.75, 3.05) is 13.1 Å². The van der Waals surface area contributed by atoms with Gasteiger partial charge in [0.15, 0.2) is 0 Å². The van der Waals surface area contributed by atoms with E-state index in [-0.39, 0.29) is 23.9 Å². The van der Waals surface area contributed by atoms with Crippen LogP contribution in [0.1, 0.15) is 26.0 Å². The normalized spacial score (nSPS) is 21.0. The van der Waals surface area contributed by atoms with Gasteiger partial charge in [0.25, 0.3) is 0 Å². The van der Waals surface area contributed by atoms with Gasteiger partial charge in [0.05, 0.1) is 17.8 Å². The molecule has 0 spiro atoms. The van der Waals surface area contributed by atoms with E-state index in [0.717, 1.165) is 0 Å². The Kier molecular flexibility index (Phi) is 5.00. The van der Waals surface area contributed by atoms with Crippen molar-refractivity contribution in [1.82, 2.24) is 4.90 Å². The fourth-order valence-corrected chi connectivity index (χ4v) is 3.09. The topological polar surface area (TPSA) is 42.7 Å². The summed E-state index contributed by atoms with van der Waals surface area (Å²) in [7, 11) is 0. The van der Waals surface area contributed by atoms with Gasteiger partial charge in [-0.05, 0) is 38.1 Å². The van der Waals surface area contributed by atoms with E-state index in [1.54, 1.807) is 30.3 Å². The number of rotatable bonds is 4. The van der Waals surface area contributed by atoms with Crippen LogP contribution in [0, 0.1) is 5.82 Å². The summed E-state index contributed by atoms with van der Waals surface area (Å²) in [5.41, 5.74) is 0.436. The number of amides is 1. The highest BCUT2D eigenvalue weighted by Crippen LogP contribution is 2.25. The first-order chi connectivity index (χ1) is 11.5. The molecule has 0 N–H and O–H groups in total. The maximum absolute atomic E-state index is 13.8. The molecule has 0 radical (unpaired) electrons. The predicted octanol–water partition coefficient (Wildman–Crippen LogP) is 3.65. The van der Waals surface area contributed by atoms with Crippen molar-refractivity contribution in [3.63, 3.8) is 0 Å². The number of morpholine rings is 1. The van der Waals surface area contributed by atoms with Gasteiger partial charge in [-0.1, -0.05) is 12.1 Å². The number of furan rings is 1. The molecular formula is C19H22FNO3. The van der Waals surface area contributed by atoms with Crippen LogP contribution in [0.15, 0.2) is 40.8 Å². The Labute approximate surface area is 141 Å². The Morgan fingerprint density at radius 1 is 1.17 bits per heavy atom. The van der Waals surface area contributed by atoms with Crippen molar-refractivity contribution in [3.8, 4) is 11.3 Å². The fourth-order valence-electron chi connectivity index (χ4n) is 3.09. The van der Waals surface area contributed by atoms with E-state index >= 15 is 0 Å². The number of aryl methyl sites for hydroxylation is 1. The molecule has 128 valence electrons. The molecule has 2 atom stereocenters. The summed E-state index contributed by atoms with van der Waals surface area (Å²) in [6.45, 7) is 5.20. The number of hydrogen-bond acceptors (Lipinski definition) is 3. The molecule has 1 amide bonds. The van der Waals surface area contributed by atoms with Crippen LogP contribution in [-0.2, 0) is 16.0 Å². The van der Waals surface area contributed by atoms with Gasteiger partial charge in [-0.15, -0.1) is 0 Å². The van der Waals surface area contributed by atoms with Crippen LogP contribution in [0.2, 0.25) is 0 Å². The second kappa shape index (κ2) is 7.18. The van der Waals surface area contributed by atoms with Gasteiger partial charge in [0, 0.05) is 25.9 Å². The summed E-state index contributed by atoms with van der Waals surface area (Å²) in [6.07, 6.45) is 1.01. The van der Waals surface area contributed by atoms with Crippen LogP contribution in [0.5, 0.6) is 0 Å². The highest BCUT2D eigenvalue weighted by molar-refractivity contribution is 5.76.